The second-order valence-electron chi connectivity index (χ2n) is 6.67. The molecule has 2 N–H and O–H groups in total. The minimum absolute atomic E-state index is 0.0759. The molecule has 2 heterocycles. The maximum absolute atomic E-state index is 12.6. The zero-order valence-corrected chi connectivity index (χ0v) is 16.2. The molecular weight excluding hydrogens is 374 g/mol. The highest BCUT2D eigenvalue weighted by atomic mass is 32.2. The summed E-state index contributed by atoms with van der Waals surface area (Å²) in [4.78, 5) is 23.8. The van der Waals surface area contributed by atoms with E-state index < -0.39 is 5.97 Å². The van der Waals surface area contributed by atoms with E-state index in [2.05, 4.69) is 10.4 Å². The standard InChI is InChI=1S/C21H19N3O3S/c1-12-17-18(14-8-10-15(11-9-14)21(26)27)28-13(2)20(25)22-19(17)24(23-12)16-6-4-3-5-7-16/h3-11,13,18H,1-2H3,(H,22,25)(H,26,27)/t13-,18+/m0/s1. The molecule has 1 aliphatic rings. The molecule has 0 saturated carbocycles. The Morgan fingerprint density at radius 3 is 2.46 bits per heavy atom. The highest BCUT2D eigenvalue weighted by Crippen LogP contribution is 2.46. The summed E-state index contributed by atoms with van der Waals surface area (Å²) in [5.74, 6) is -0.370. The highest BCUT2D eigenvalue weighted by Gasteiger charge is 2.34. The average Bonchev–Trinajstić information content (AvgIpc) is 2.95. The molecule has 6 nitrogen and oxygen atoms in total. The molecule has 0 spiro atoms. The number of hydrogen-bond acceptors (Lipinski definition) is 4. The number of fused-ring (bicyclic) bond motifs is 1. The van der Waals surface area contributed by atoms with Crippen molar-refractivity contribution < 1.29 is 14.7 Å². The van der Waals surface area contributed by atoms with Gasteiger partial charge in [0.05, 0.1) is 27.4 Å². The number of carbonyl (C=O) groups excluding carboxylic acids is 1. The van der Waals surface area contributed by atoms with Gasteiger partial charge in [0.2, 0.25) is 5.91 Å². The van der Waals surface area contributed by atoms with Crippen LogP contribution in [0.4, 0.5) is 5.82 Å². The van der Waals surface area contributed by atoms with Gasteiger partial charge in [0, 0.05) is 5.56 Å². The molecule has 3 aromatic rings. The van der Waals surface area contributed by atoms with E-state index in [1.54, 1.807) is 16.8 Å². The Kier molecular flexibility index (Phi) is 4.68. The number of thioether (sulfide) groups is 1. The van der Waals surface area contributed by atoms with Gasteiger partial charge in [0.25, 0.3) is 0 Å². The zero-order chi connectivity index (χ0) is 19.8. The monoisotopic (exact) mass is 393 g/mol. The lowest BCUT2D eigenvalue weighted by Gasteiger charge is -2.17. The molecule has 0 bridgehead atoms. The van der Waals surface area contributed by atoms with E-state index >= 15 is 0 Å². The second kappa shape index (κ2) is 7.16. The molecular formula is C21H19N3O3S. The van der Waals surface area contributed by atoms with E-state index in [9.17, 15) is 9.59 Å². The van der Waals surface area contributed by atoms with Gasteiger partial charge < -0.3 is 10.4 Å². The van der Waals surface area contributed by atoms with Gasteiger partial charge in [-0.1, -0.05) is 30.3 Å². The summed E-state index contributed by atoms with van der Waals surface area (Å²) >= 11 is 1.54. The number of nitrogens with one attached hydrogen (secondary N) is 1. The van der Waals surface area contributed by atoms with Crippen LogP contribution in [0.25, 0.3) is 5.69 Å². The highest BCUT2D eigenvalue weighted by molar-refractivity contribution is 8.01. The van der Waals surface area contributed by atoms with Crippen molar-refractivity contribution in [2.45, 2.75) is 24.3 Å². The number of carbonyl (C=O) groups is 2. The van der Waals surface area contributed by atoms with Crippen LogP contribution >= 0.6 is 11.8 Å². The molecule has 1 amide bonds. The molecule has 0 aliphatic carbocycles. The maximum Gasteiger partial charge on any atom is 0.335 e. The van der Waals surface area contributed by atoms with Crippen molar-refractivity contribution in [2.24, 2.45) is 0 Å². The van der Waals surface area contributed by atoms with Crippen LogP contribution in [0.1, 0.15) is 39.4 Å². The lowest BCUT2D eigenvalue weighted by Crippen LogP contribution is -2.22. The second-order valence-corrected chi connectivity index (χ2v) is 8.12. The van der Waals surface area contributed by atoms with Gasteiger partial charge in [-0.3, -0.25) is 4.79 Å². The Morgan fingerprint density at radius 2 is 1.82 bits per heavy atom. The fraction of sp³-hybridized carbons (Fsp3) is 0.190. The summed E-state index contributed by atoms with van der Waals surface area (Å²) in [7, 11) is 0. The molecule has 0 saturated heterocycles. The Balaban J connectivity index is 1.87. The topological polar surface area (TPSA) is 84.2 Å². The van der Waals surface area contributed by atoms with Crippen LogP contribution in [0.3, 0.4) is 0 Å². The first-order chi connectivity index (χ1) is 13.5. The smallest absolute Gasteiger partial charge is 0.335 e. The summed E-state index contributed by atoms with van der Waals surface area (Å²) in [6.07, 6.45) is 0. The van der Waals surface area contributed by atoms with Crippen LogP contribution in [-0.4, -0.2) is 32.0 Å². The molecule has 1 aliphatic heterocycles. The van der Waals surface area contributed by atoms with E-state index in [4.69, 9.17) is 5.11 Å². The molecule has 0 radical (unpaired) electrons. The van der Waals surface area contributed by atoms with Crippen molar-refractivity contribution in [2.75, 3.05) is 5.32 Å². The van der Waals surface area contributed by atoms with Gasteiger partial charge in [0.15, 0.2) is 0 Å². The van der Waals surface area contributed by atoms with Gasteiger partial charge in [0.1, 0.15) is 5.82 Å². The number of amides is 1. The largest absolute Gasteiger partial charge is 0.478 e. The van der Waals surface area contributed by atoms with Crippen molar-refractivity contribution in [3.63, 3.8) is 0 Å². The number of aromatic carboxylic acids is 1. The van der Waals surface area contributed by atoms with Gasteiger partial charge in [-0.2, -0.15) is 5.10 Å². The lowest BCUT2D eigenvalue weighted by atomic mass is 10.0. The third-order valence-electron chi connectivity index (χ3n) is 4.78. The van der Waals surface area contributed by atoms with E-state index in [0.29, 0.717) is 5.82 Å². The third kappa shape index (κ3) is 3.18. The van der Waals surface area contributed by atoms with Crippen LogP contribution < -0.4 is 5.32 Å². The first-order valence-corrected chi connectivity index (χ1v) is 9.84. The minimum Gasteiger partial charge on any atom is -0.478 e. The molecule has 4 rings (SSSR count). The summed E-state index contributed by atoms with van der Waals surface area (Å²) < 4.78 is 1.76. The maximum atomic E-state index is 12.6. The molecule has 0 unspecified atom stereocenters. The summed E-state index contributed by atoms with van der Waals surface area (Å²) in [6.45, 7) is 3.81. The number of benzene rings is 2. The minimum atomic E-state index is -0.959. The number of carboxylic acid groups (broad SMARTS) is 1. The molecule has 142 valence electrons. The normalized spacial score (nSPS) is 18.9. The van der Waals surface area contributed by atoms with E-state index in [1.807, 2.05) is 56.3 Å². The Hall–Kier alpha value is -3.06. The number of rotatable bonds is 3. The molecule has 28 heavy (non-hydrogen) atoms. The number of hydrogen-bond donors (Lipinski definition) is 2. The van der Waals surface area contributed by atoms with Gasteiger partial charge in [-0.05, 0) is 43.7 Å². The molecule has 2 atom stereocenters. The number of aryl methyl sites for hydroxylation is 1. The van der Waals surface area contributed by atoms with Crippen LogP contribution in [0.5, 0.6) is 0 Å². The number of nitrogens with zero attached hydrogens (tertiary/aromatic N) is 2. The van der Waals surface area contributed by atoms with Crippen molar-refractivity contribution in [3.05, 3.63) is 77.0 Å². The third-order valence-corrected chi connectivity index (χ3v) is 6.18. The van der Waals surface area contributed by atoms with Crippen LogP contribution in [0.2, 0.25) is 0 Å². The first kappa shape index (κ1) is 18.3. The number of carboxylic acids is 1. The number of para-hydroxylation sites is 1. The quantitative estimate of drug-likeness (QED) is 0.702. The first-order valence-electron chi connectivity index (χ1n) is 8.90. The molecule has 1 aromatic heterocycles. The van der Waals surface area contributed by atoms with Gasteiger partial charge in [-0.25, -0.2) is 9.48 Å². The van der Waals surface area contributed by atoms with Gasteiger partial charge in [-0.15, -0.1) is 11.8 Å². The predicted molar refractivity (Wildman–Crippen MR) is 109 cm³/mol. The Bertz CT molecular complexity index is 1040. The zero-order valence-electron chi connectivity index (χ0n) is 15.4. The van der Waals surface area contributed by atoms with Crippen molar-refractivity contribution in [3.8, 4) is 5.69 Å². The molecule has 2 aromatic carbocycles. The molecule has 7 heteroatoms. The van der Waals surface area contributed by atoms with E-state index in [0.717, 1.165) is 22.5 Å². The number of aromatic nitrogens is 2. The average molecular weight is 393 g/mol. The van der Waals surface area contributed by atoms with Crippen LogP contribution in [0, 0.1) is 6.92 Å². The van der Waals surface area contributed by atoms with E-state index in [1.165, 1.54) is 11.8 Å². The fourth-order valence-corrected chi connectivity index (χ4v) is 4.65. The molecule has 0 fully saturated rings. The van der Waals surface area contributed by atoms with Crippen molar-refractivity contribution in [1.29, 1.82) is 0 Å². The summed E-state index contributed by atoms with van der Waals surface area (Å²) in [5.41, 5.74) is 3.81. The van der Waals surface area contributed by atoms with Crippen molar-refractivity contribution in [1.82, 2.24) is 9.78 Å². The van der Waals surface area contributed by atoms with Crippen molar-refractivity contribution >= 4 is 29.5 Å². The van der Waals surface area contributed by atoms with Gasteiger partial charge >= 0.3 is 5.97 Å². The van der Waals surface area contributed by atoms with Crippen LogP contribution in [-0.2, 0) is 4.79 Å². The Morgan fingerprint density at radius 1 is 1.14 bits per heavy atom. The Labute approximate surface area is 166 Å². The predicted octanol–water partition coefficient (Wildman–Crippen LogP) is 4.04. The SMILES string of the molecule is Cc1nn(-c2ccccc2)c2c1[C@@H](c1ccc(C(=O)O)cc1)S[C@@H](C)C(=O)N2. The fourth-order valence-electron chi connectivity index (χ4n) is 3.33. The lowest BCUT2D eigenvalue weighted by molar-refractivity contribution is -0.115. The summed E-state index contributed by atoms with van der Waals surface area (Å²) in [6, 6.07) is 16.5. The van der Waals surface area contributed by atoms with E-state index in [-0.39, 0.29) is 22.0 Å². The summed E-state index contributed by atoms with van der Waals surface area (Å²) in [5, 5.41) is 16.5. The van der Waals surface area contributed by atoms with Crippen LogP contribution in [0.15, 0.2) is 54.6 Å². The number of anilines is 1.